The monoisotopic (exact) mass is 539 g/mol. The number of rotatable bonds is 10. The van der Waals surface area contributed by atoms with Gasteiger partial charge in [-0.05, 0) is 85.1 Å². The summed E-state index contributed by atoms with van der Waals surface area (Å²) in [5.41, 5.74) is 0.930. The quantitative estimate of drug-likeness (QED) is 0.374. The first-order valence-electron chi connectivity index (χ1n) is 13.5. The van der Waals surface area contributed by atoms with E-state index in [1.807, 2.05) is 65.8 Å². The van der Waals surface area contributed by atoms with Crippen LogP contribution in [0.2, 0.25) is 0 Å². The number of carbonyl (C=O) groups excluding carboxylic acids is 3. The second-order valence-electron chi connectivity index (χ2n) is 11.9. The lowest BCUT2D eigenvalue weighted by atomic mass is 9.91. The standard InChI is InChI=1S/C31H45N3O5/c1-10-31(8,9)34(26(27(36)32-20(2)3)23-15-11-21(4)12-16-23)28(37)25(33-29(38)39-30(5,6)7)19-22-13-17-24(35)18-14-22/h11-18,20,25-26,35H,10,19H2,1-9H3,(H,32,36)(H,33,38). The van der Waals surface area contributed by atoms with E-state index in [0.717, 1.165) is 11.1 Å². The Labute approximate surface area is 233 Å². The average molecular weight is 540 g/mol. The number of benzene rings is 2. The molecule has 0 aliphatic heterocycles. The summed E-state index contributed by atoms with van der Waals surface area (Å²) in [4.78, 5) is 42.7. The molecule has 2 atom stereocenters. The molecule has 2 unspecified atom stereocenters. The summed E-state index contributed by atoms with van der Waals surface area (Å²) in [5, 5.41) is 15.5. The molecule has 0 heterocycles. The number of nitrogens with zero attached hydrogens (tertiary/aromatic N) is 1. The SMILES string of the molecule is CCC(C)(C)N(C(=O)C(Cc1ccc(O)cc1)NC(=O)OC(C)(C)C)C(C(=O)NC(C)C)c1ccc(C)cc1. The van der Waals surface area contributed by atoms with Crippen molar-refractivity contribution >= 4 is 17.9 Å². The number of aryl methyl sites for hydroxylation is 1. The van der Waals surface area contributed by atoms with Gasteiger partial charge in [0.25, 0.3) is 0 Å². The molecular weight excluding hydrogens is 494 g/mol. The maximum atomic E-state index is 14.5. The van der Waals surface area contributed by atoms with Crippen LogP contribution in [0.1, 0.15) is 84.5 Å². The smallest absolute Gasteiger partial charge is 0.408 e. The Morgan fingerprint density at radius 1 is 0.923 bits per heavy atom. The number of hydrogen-bond donors (Lipinski definition) is 3. The molecule has 0 radical (unpaired) electrons. The van der Waals surface area contributed by atoms with E-state index in [1.165, 1.54) is 12.1 Å². The van der Waals surface area contributed by atoms with Crippen molar-refractivity contribution in [2.24, 2.45) is 0 Å². The summed E-state index contributed by atoms with van der Waals surface area (Å²) in [6, 6.07) is 11.9. The second kappa shape index (κ2) is 13.0. The van der Waals surface area contributed by atoms with Crippen molar-refractivity contribution in [1.29, 1.82) is 0 Å². The lowest BCUT2D eigenvalue weighted by Crippen LogP contribution is -2.60. The number of amides is 3. The summed E-state index contributed by atoms with van der Waals surface area (Å²) in [5.74, 6) is -0.616. The van der Waals surface area contributed by atoms with E-state index in [1.54, 1.807) is 37.8 Å². The topological polar surface area (TPSA) is 108 Å². The van der Waals surface area contributed by atoms with Gasteiger partial charge in [0.15, 0.2) is 0 Å². The average Bonchev–Trinajstić information content (AvgIpc) is 2.82. The number of carbonyl (C=O) groups is 3. The van der Waals surface area contributed by atoms with Gasteiger partial charge in [0.05, 0.1) is 0 Å². The molecule has 2 aromatic rings. The molecule has 2 aromatic carbocycles. The van der Waals surface area contributed by atoms with Crippen LogP contribution in [0, 0.1) is 6.92 Å². The molecule has 0 aliphatic rings. The van der Waals surface area contributed by atoms with Crippen molar-refractivity contribution in [3.05, 3.63) is 65.2 Å². The largest absolute Gasteiger partial charge is 0.508 e. The first-order chi connectivity index (χ1) is 18.0. The van der Waals surface area contributed by atoms with E-state index in [9.17, 15) is 19.5 Å². The summed E-state index contributed by atoms with van der Waals surface area (Å²) >= 11 is 0. The van der Waals surface area contributed by atoms with E-state index < -0.39 is 35.2 Å². The number of phenols is 1. The molecule has 0 aliphatic carbocycles. The van der Waals surface area contributed by atoms with Gasteiger partial charge >= 0.3 is 6.09 Å². The van der Waals surface area contributed by atoms with Crippen LogP contribution < -0.4 is 10.6 Å². The molecule has 0 spiro atoms. The van der Waals surface area contributed by atoms with E-state index >= 15 is 0 Å². The highest BCUT2D eigenvalue weighted by Gasteiger charge is 2.43. The van der Waals surface area contributed by atoms with Crippen molar-refractivity contribution in [1.82, 2.24) is 15.5 Å². The minimum Gasteiger partial charge on any atom is -0.508 e. The fourth-order valence-corrected chi connectivity index (χ4v) is 4.16. The van der Waals surface area contributed by atoms with Gasteiger partial charge in [0.2, 0.25) is 11.8 Å². The Kier molecular flexibility index (Phi) is 10.6. The number of aromatic hydroxyl groups is 1. The predicted octanol–water partition coefficient (Wildman–Crippen LogP) is 5.42. The zero-order valence-electron chi connectivity index (χ0n) is 24.8. The number of phenolic OH excluding ortho intramolecular Hbond substituents is 1. The number of hydrogen-bond acceptors (Lipinski definition) is 5. The maximum absolute atomic E-state index is 14.5. The van der Waals surface area contributed by atoms with Crippen LogP contribution in [0.15, 0.2) is 48.5 Å². The Morgan fingerprint density at radius 3 is 1.97 bits per heavy atom. The molecule has 3 amide bonds. The van der Waals surface area contributed by atoms with Crippen LogP contribution in [-0.4, -0.2) is 51.1 Å². The molecular formula is C31H45N3O5. The third kappa shape index (κ3) is 9.30. The van der Waals surface area contributed by atoms with Crippen molar-refractivity contribution < 1.29 is 24.2 Å². The van der Waals surface area contributed by atoms with Crippen LogP contribution in [0.25, 0.3) is 0 Å². The molecule has 0 bridgehead atoms. The Morgan fingerprint density at radius 2 is 1.49 bits per heavy atom. The van der Waals surface area contributed by atoms with E-state index in [2.05, 4.69) is 10.6 Å². The highest BCUT2D eigenvalue weighted by atomic mass is 16.6. The van der Waals surface area contributed by atoms with Crippen LogP contribution in [-0.2, 0) is 20.7 Å². The lowest BCUT2D eigenvalue weighted by molar-refractivity contribution is -0.149. The molecule has 0 fully saturated rings. The number of nitrogens with one attached hydrogen (secondary N) is 2. The van der Waals surface area contributed by atoms with Crippen molar-refractivity contribution in [2.75, 3.05) is 0 Å². The fraction of sp³-hybridized carbons (Fsp3) is 0.516. The first kappa shape index (κ1) is 31.7. The third-order valence-corrected chi connectivity index (χ3v) is 6.45. The normalized spacial score (nSPS) is 13.4. The Bertz CT molecular complexity index is 1120. The maximum Gasteiger partial charge on any atom is 0.408 e. The van der Waals surface area contributed by atoms with Crippen molar-refractivity contribution in [3.8, 4) is 5.75 Å². The number of ether oxygens (including phenoxy) is 1. The number of alkyl carbamates (subject to hydrolysis) is 1. The Hall–Kier alpha value is -3.55. The van der Waals surface area contributed by atoms with Crippen molar-refractivity contribution in [2.45, 2.75) is 104 Å². The molecule has 214 valence electrons. The fourth-order valence-electron chi connectivity index (χ4n) is 4.16. The zero-order chi connectivity index (χ0) is 29.5. The zero-order valence-corrected chi connectivity index (χ0v) is 24.8. The molecule has 0 saturated carbocycles. The minimum absolute atomic E-state index is 0.0975. The highest BCUT2D eigenvalue weighted by molar-refractivity contribution is 5.93. The summed E-state index contributed by atoms with van der Waals surface area (Å²) in [7, 11) is 0. The van der Waals surface area contributed by atoms with Crippen molar-refractivity contribution in [3.63, 3.8) is 0 Å². The van der Waals surface area contributed by atoms with Gasteiger partial charge in [-0.25, -0.2) is 4.79 Å². The van der Waals surface area contributed by atoms with Crippen LogP contribution in [0.4, 0.5) is 4.79 Å². The Balaban J connectivity index is 2.65. The molecule has 0 saturated heterocycles. The first-order valence-corrected chi connectivity index (χ1v) is 13.5. The van der Waals surface area contributed by atoms with Gasteiger partial charge in [-0.2, -0.15) is 0 Å². The van der Waals surface area contributed by atoms with Gasteiger partial charge in [0, 0.05) is 18.0 Å². The van der Waals surface area contributed by atoms with Gasteiger partial charge in [-0.3, -0.25) is 9.59 Å². The van der Waals surface area contributed by atoms with Crippen LogP contribution in [0.5, 0.6) is 5.75 Å². The second-order valence-corrected chi connectivity index (χ2v) is 11.9. The van der Waals surface area contributed by atoms with Crippen LogP contribution in [0.3, 0.4) is 0 Å². The van der Waals surface area contributed by atoms with Gasteiger partial charge < -0.3 is 25.4 Å². The predicted molar refractivity (Wildman–Crippen MR) is 153 cm³/mol. The molecule has 3 N–H and O–H groups in total. The molecule has 39 heavy (non-hydrogen) atoms. The lowest BCUT2D eigenvalue weighted by Gasteiger charge is -2.44. The van der Waals surface area contributed by atoms with Gasteiger partial charge in [0.1, 0.15) is 23.4 Å². The highest BCUT2D eigenvalue weighted by Crippen LogP contribution is 2.33. The molecule has 0 aromatic heterocycles. The van der Waals surface area contributed by atoms with Gasteiger partial charge in [-0.15, -0.1) is 0 Å². The third-order valence-electron chi connectivity index (χ3n) is 6.45. The molecule has 8 heteroatoms. The summed E-state index contributed by atoms with van der Waals surface area (Å²) < 4.78 is 5.49. The van der Waals surface area contributed by atoms with E-state index in [-0.39, 0.29) is 24.1 Å². The van der Waals surface area contributed by atoms with Gasteiger partial charge in [-0.1, -0.05) is 48.9 Å². The molecule has 2 rings (SSSR count). The summed E-state index contributed by atoms with van der Waals surface area (Å²) in [6.45, 7) is 16.8. The van der Waals surface area contributed by atoms with E-state index in [0.29, 0.717) is 12.0 Å². The molecule has 8 nitrogen and oxygen atoms in total. The van der Waals surface area contributed by atoms with Crippen LogP contribution >= 0.6 is 0 Å². The minimum atomic E-state index is -1.03. The summed E-state index contributed by atoms with van der Waals surface area (Å²) in [6.07, 6.45) is -0.0254. The van der Waals surface area contributed by atoms with E-state index in [4.69, 9.17) is 4.74 Å².